The summed E-state index contributed by atoms with van der Waals surface area (Å²) < 4.78 is 4.93. The van der Waals surface area contributed by atoms with Crippen LogP contribution in [-0.2, 0) is 6.54 Å². The Labute approximate surface area is 90.1 Å². The van der Waals surface area contributed by atoms with Crippen molar-refractivity contribution in [3.8, 4) is 0 Å². The Morgan fingerprint density at radius 3 is 2.87 bits per heavy atom. The summed E-state index contributed by atoms with van der Waals surface area (Å²) in [5.74, 6) is 0.806. The lowest BCUT2D eigenvalue weighted by Gasteiger charge is -2.15. The number of hydrogen-bond acceptors (Lipinski definition) is 5. The van der Waals surface area contributed by atoms with E-state index >= 15 is 0 Å². The van der Waals surface area contributed by atoms with Crippen LogP contribution in [0.1, 0.15) is 11.5 Å². The number of aliphatic hydroxyl groups excluding tert-OH is 1. The summed E-state index contributed by atoms with van der Waals surface area (Å²) in [5, 5.41) is 16.5. The molecule has 5 nitrogen and oxygen atoms in total. The van der Waals surface area contributed by atoms with Crippen LogP contribution in [0.25, 0.3) is 0 Å². The first-order valence-electron chi connectivity index (χ1n) is 5.03. The quantitative estimate of drug-likeness (QED) is 0.696. The molecule has 0 aliphatic carbocycles. The zero-order valence-corrected chi connectivity index (χ0v) is 9.53. The topological polar surface area (TPSA) is 61.5 Å². The van der Waals surface area contributed by atoms with E-state index in [-0.39, 0.29) is 6.10 Å². The van der Waals surface area contributed by atoms with Crippen molar-refractivity contribution in [1.82, 2.24) is 15.4 Å². The van der Waals surface area contributed by atoms with E-state index < -0.39 is 0 Å². The minimum atomic E-state index is -0.354. The average Bonchev–Trinajstić information content (AvgIpc) is 2.50. The molecule has 0 amide bonds. The highest BCUT2D eigenvalue weighted by Gasteiger charge is 2.05. The fourth-order valence-electron chi connectivity index (χ4n) is 1.35. The van der Waals surface area contributed by atoms with Crippen molar-refractivity contribution in [2.45, 2.75) is 19.6 Å². The van der Waals surface area contributed by atoms with E-state index in [0.29, 0.717) is 19.6 Å². The molecule has 0 aromatic carbocycles. The first-order chi connectivity index (χ1) is 7.08. The van der Waals surface area contributed by atoms with Crippen LogP contribution in [0, 0.1) is 6.92 Å². The van der Waals surface area contributed by atoms with Crippen molar-refractivity contribution in [3.05, 3.63) is 17.5 Å². The summed E-state index contributed by atoms with van der Waals surface area (Å²) in [5.41, 5.74) is 0.865. The first kappa shape index (κ1) is 12.2. The van der Waals surface area contributed by atoms with Gasteiger partial charge in [0.1, 0.15) is 5.76 Å². The SMILES string of the molecule is Cc1cc(CNCC(O)CN(C)C)no1. The van der Waals surface area contributed by atoms with Crippen LogP contribution in [0.5, 0.6) is 0 Å². The van der Waals surface area contributed by atoms with Crippen molar-refractivity contribution >= 4 is 0 Å². The van der Waals surface area contributed by atoms with Crippen LogP contribution in [0.2, 0.25) is 0 Å². The monoisotopic (exact) mass is 213 g/mol. The Bertz CT molecular complexity index is 286. The molecule has 0 saturated heterocycles. The van der Waals surface area contributed by atoms with E-state index in [0.717, 1.165) is 11.5 Å². The molecular formula is C10H19N3O2. The Morgan fingerprint density at radius 2 is 2.33 bits per heavy atom. The molecule has 1 heterocycles. The van der Waals surface area contributed by atoms with E-state index in [1.54, 1.807) is 0 Å². The standard InChI is InChI=1S/C10H19N3O2/c1-8-4-9(12-15-8)5-11-6-10(14)7-13(2)3/h4,10-11,14H,5-7H2,1-3H3. The van der Waals surface area contributed by atoms with E-state index in [1.165, 1.54) is 0 Å². The van der Waals surface area contributed by atoms with Gasteiger partial charge in [0.25, 0.3) is 0 Å². The van der Waals surface area contributed by atoms with Crippen LogP contribution < -0.4 is 5.32 Å². The number of aromatic nitrogens is 1. The van der Waals surface area contributed by atoms with E-state index in [1.807, 2.05) is 32.0 Å². The summed E-state index contributed by atoms with van der Waals surface area (Å²) in [4.78, 5) is 1.95. The summed E-state index contributed by atoms with van der Waals surface area (Å²) in [6.07, 6.45) is -0.354. The molecule has 1 atom stereocenters. The van der Waals surface area contributed by atoms with Gasteiger partial charge in [-0.3, -0.25) is 0 Å². The fourth-order valence-corrected chi connectivity index (χ4v) is 1.35. The van der Waals surface area contributed by atoms with Crippen molar-refractivity contribution in [1.29, 1.82) is 0 Å². The molecule has 0 radical (unpaired) electrons. The van der Waals surface area contributed by atoms with Crippen LogP contribution >= 0.6 is 0 Å². The van der Waals surface area contributed by atoms with E-state index in [2.05, 4.69) is 10.5 Å². The number of hydrogen-bond donors (Lipinski definition) is 2. The van der Waals surface area contributed by atoms with Gasteiger partial charge in [-0.1, -0.05) is 5.16 Å². The van der Waals surface area contributed by atoms with Crippen molar-refractivity contribution in [3.63, 3.8) is 0 Å². The second kappa shape index (κ2) is 5.85. The van der Waals surface area contributed by atoms with Gasteiger partial charge < -0.3 is 19.8 Å². The van der Waals surface area contributed by atoms with E-state index in [9.17, 15) is 5.11 Å². The van der Waals surface area contributed by atoms with Crippen LogP contribution in [-0.4, -0.2) is 48.5 Å². The van der Waals surface area contributed by atoms with Crippen LogP contribution in [0.15, 0.2) is 10.6 Å². The number of nitrogens with zero attached hydrogens (tertiary/aromatic N) is 2. The molecule has 1 rings (SSSR count). The second-order valence-electron chi connectivity index (χ2n) is 3.98. The van der Waals surface area contributed by atoms with Crippen LogP contribution in [0.3, 0.4) is 0 Å². The summed E-state index contributed by atoms with van der Waals surface area (Å²) in [6.45, 7) is 3.70. The number of likely N-dealkylation sites (N-methyl/N-ethyl adjacent to an activating group) is 1. The van der Waals surface area contributed by atoms with E-state index in [4.69, 9.17) is 4.52 Å². The van der Waals surface area contributed by atoms with Crippen molar-refractivity contribution < 1.29 is 9.63 Å². The van der Waals surface area contributed by atoms with Gasteiger partial charge in [0.15, 0.2) is 0 Å². The molecule has 0 fully saturated rings. The highest BCUT2D eigenvalue weighted by molar-refractivity contribution is 5.02. The Hall–Kier alpha value is -0.910. The van der Waals surface area contributed by atoms with Crippen molar-refractivity contribution in [2.24, 2.45) is 0 Å². The number of nitrogens with one attached hydrogen (secondary N) is 1. The van der Waals surface area contributed by atoms with Gasteiger partial charge in [-0.25, -0.2) is 0 Å². The molecule has 5 heteroatoms. The Morgan fingerprint density at radius 1 is 1.60 bits per heavy atom. The number of aliphatic hydroxyl groups is 1. The normalized spacial score (nSPS) is 13.4. The zero-order chi connectivity index (χ0) is 11.3. The third kappa shape index (κ3) is 4.92. The summed E-state index contributed by atoms with van der Waals surface area (Å²) >= 11 is 0. The zero-order valence-electron chi connectivity index (χ0n) is 9.53. The third-order valence-corrected chi connectivity index (χ3v) is 1.94. The Kier molecular flexibility index (Phi) is 4.74. The first-order valence-corrected chi connectivity index (χ1v) is 5.03. The van der Waals surface area contributed by atoms with Gasteiger partial charge in [0.05, 0.1) is 11.8 Å². The van der Waals surface area contributed by atoms with Gasteiger partial charge in [0.2, 0.25) is 0 Å². The van der Waals surface area contributed by atoms with Crippen molar-refractivity contribution in [2.75, 3.05) is 27.2 Å². The second-order valence-corrected chi connectivity index (χ2v) is 3.98. The lowest BCUT2D eigenvalue weighted by molar-refractivity contribution is 0.134. The molecule has 2 N–H and O–H groups in total. The minimum Gasteiger partial charge on any atom is -0.390 e. The molecule has 15 heavy (non-hydrogen) atoms. The smallest absolute Gasteiger partial charge is 0.133 e. The van der Waals surface area contributed by atoms with Gasteiger partial charge in [-0.05, 0) is 21.0 Å². The summed E-state index contributed by atoms with van der Waals surface area (Å²) in [6, 6.07) is 1.88. The molecule has 86 valence electrons. The van der Waals surface area contributed by atoms with Gasteiger partial charge >= 0.3 is 0 Å². The predicted molar refractivity (Wildman–Crippen MR) is 57.5 cm³/mol. The lowest BCUT2D eigenvalue weighted by Crippen LogP contribution is -2.34. The molecule has 0 aliphatic rings. The molecular weight excluding hydrogens is 194 g/mol. The molecule has 1 aromatic rings. The predicted octanol–water partition coefficient (Wildman–Crippen LogP) is -0.00488. The molecule has 0 bridgehead atoms. The summed E-state index contributed by atoms with van der Waals surface area (Å²) in [7, 11) is 3.87. The third-order valence-electron chi connectivity index (χ3n) is 1.94. The lowest BCUT2D eigenvalue weighted by atomic mass is 10.3. The highest BCUT2D eigenvalue weighted by atomic mass is 16.5. The number of rotatable bonds is 6. The Balaban J connectivity index is 2.16. The van der Waals surface area contributed by atoms with Gasteiger partial charge in [-0.15, -0.1) is 0 Å². The number of aryl methyl sites for hydroxylation is 1. The fraction of sp³-hybridized carbons (Fsp3) is 0.700. The highest BCUT2D eigenvalue weighted by Crippen LogP contribution is 2.00. The van der Waals surface area contributed by atoms with Crippen LogP contribution in [0.4, 0.5) is 0 Å². The van der Waals surface area contributed by atoms with Gasteiger partial charge in [-0.2, -0.15) is 0 Å². The minimum absolute atomic E-state index is 0.354. The maximum atomic E-state index is 9.55. The maximum Gasteiger partial charge on any atom is 0.133 e. The molecule has 1 unspecified atom stereocenters. The average molecular weight is 213 g/mol. The maximum absolute atomic E-state index is 9.55. The largest absolute Gasteiger partial charge is 0.390 e. The molecule has 0 aliphatic heterocycles. The molecule has 1 aromatic heterocycles. The molecule has 0 spiro atoms. The molecule has 0 saturated carbocycles. The van der Waals surface area contributed by atoms with Gasteiger partial charge in [0, 0.05) is 25.7 Å².